The number of aromatic nitrogens is 4. The maximum atomic E-state index is 5.77. The van der Waals surface area contributed by atoms with E-state index in [0.29, 0.717) is 16.1 Å². The summed E-state index contributed by atoms with van der Waals surface area (Å²) in [5, 5.41) is 4.67. The van der Waals surface area contributed by atoms with E-state index in [-0.39, 0.29) is 6.01 Å². The lowest BCUT2D eigenvalue weighted by atomic mass is 10.5. The number of anilines is 1. The fourth-order valence-corrected chi connectivity index (χ4v) is 1.90. The van der Waals surface area contributed by atoms with Crippen LogP contribution in [-0.2, 0) is 0 Å². The van der Waals surface area contributed by atoms with Gasteiger partial charge in [-0.1, -0.05) is 11.6 Å². The molecule has 0 aliphatic rings. The second-order valence-electron chi connectivity index (χ2n) is 3.10. The van der Waals surface area contributed by atoms with Crippen molar-refractivity contribution in [1.82, 2.24) is 19.9 Å². The highest BCUT2D eigenvalue weighted by Gasteiger charge is 2.08. The normalized spacial score (nSPS) is 10.2. The van der Waals surface area contributed by atoms with E-state index in [1.165, 1.54) is 18.9 Å². The lowest BCUT2D eigenvalue weighted by Gasteiger charge is -2.04. The Morgan fingerprint density at radius 2 is 2.11 bits per heavy atom. The van der Waals surface area contributed by atoms with Gasteiger partial charge in [-0.2, -0.15) is 15.0 Å². The molecule has 8 heteroatoms. The molecule has 0 saturated heterocycles. The first-order chi connectivity index (χ1) is 8.71. The van der Waals surface area contributed by atoms with Crippen molar-refractivity contribution >= 4 is 29.3 Å². The molecule has 0 radical (unpaired) electrons. The summed E-state index contributed by atoms with van der Waals surface area (Å²) < 4.78 is 5.00. The van der Waals surface area contributed by atoms with Crippen LogP contribution in [0.25, 0.3) is 0 Å². The van der Waals surface area contributed by atoms with E-state index in [9.17, 15) is 0 Å². The number of halogens is 1. The van der Waals surface area contributed by atoms with Gasteiger partial charge in [0.25, 0.3) is 0 Å². The number of pyridine rings is 1. The first-order valence-electron chi connectivity index (χ1n) is 4.98. The van der Waals surface area contributed by atoms with Crippen LogP contribution in [0.1, 0.15) is 0 Å². The van der Waals surface area contributed by atoms with Gasteiger partial charge in [0.1, 0.15) is 5.03 Å². The molecule has 6 nitrogen and oxygen atoms in total. The zero-order chi connectivity index (χ0) is 13.0. The van der Waals surface area contributed by atoms with Crippen molar-refractivity contribution in [3.05, 3.63) is 23.4 Å². The molecule has 0 amide bonds. The lowest BCUT2D eigenvalue weighted by Crippen LogP contribution is -2.02. The van der Waals surface area contributed by atoms with Gasteiger partial charge in [-0.3, -0.25) is 0 Å². The number of methoxy groups -OCH3 is 1. The first kappa shape index (κ1) is 12.8. The van der Waals surface area contributed by atoms with Crippen molar-refractivity contribution in [2.75, 3.05) is 19.5 Å². The van der Waals surface area contributed by atoms with Crippen molar-refractivity contribution in [2.45, 2.75) is 10.2 Å². The smallest absolute Gasteiger partial charge is 0.321 e. The summed E-state index contributed by atoms with van der Waals surface area (Å²) in [6.07, 6.45) is 1.57. The monoisotopic (exact) mass is 283 g/mol. The molecule has 0 aliphatic heterocycles. The molecule has 0 atom stereocenters. The number of nitrogens with one attached hydrogen (secondary N) is 1. The molecule has 1 N–H and O–H groups in total. The Bertz CT molecular complexity index is 514. The molecule has 94 valence electrons. The van der Waals surface area contributed by atoms with Gasteiger partial charge in [0, 0.05) is 13.2 Å². The molecule has 0 aliphatic carbocycles. The van der Waals surface area contributed by atoms with Gasteiger partial charge in [-0.25, -0.2) is 4.98 Å². The summed E-state index contributed by atoms with van der Waals surface area (Å²) in [7, 11) is 3.23. The molecule has 2 heterocycles. The number of rotatable bonds is 4. The van der Waals surface area contributed by atoms with E-state index < -0.39 is 0 Å². The van der Waals surface area contributed by atoms with Gasteiger partial charge in [-0.05, 0) is 23.9 Å². The molecule has 0 bridgehead atoms. The van der Waals surface area contributed by atoms with E-state index in [1.807, 2.05) is 0 Å². The maximum absolute atomic E-state index is 5.77. The van der Waals surface area contributed by atoms with Crippen LogP contribution in [0, 0.1) is 0 Å². The minimum atomic E-state index is 0.255. The Labute approximate surface area is 113 Å². The van der Waals surface area contributed by atoms with Crippen LogP contribution >= 0.6 is 23.4 Å². The topological polar surface area (TPSA) is 72.8 Å². The Balaban J connectivity index is 2.25. The van der Waals surface area contributed by atoms with Gasteiger partial charge in [-0.15, -0.1) is 0 Å². The van der Waals surface area contributed by atoms with Crippen molar-refractivity contribution in [3.8, 4) is 6.01 Å². The zero-order valence-electron chi connectivity index (χ0n) is 9.72. The molecule has 2 rings (SSSR count). The van der Waals surface area contributed by atoms with E-state index in [4.69, 9.17) is 16.3 Å². The van der Waals surface area contributed by atoms with Gasteiger partial charge >= 0.3 is 6.01 Å². The average molecular weight is 284 g/mol. The van der Waals surface area contributed by atoms with Crippen LogP contribution in [0.15, 0.2) is 28.5 Å². The Kier molecular flexibility index (Phi) is 4.16. The lowest BCUT2D eigenvalue weighted by molar-refractivity contribution is 0.374. The Hall–Kier alpha value is -1.60. The van der Waals surface area contributed by atoms with Crippen LogP contribution in [0.3, 0.4) is 0 Å². The summed E-state index contributed by atoms with van der Waals surface area (Å²) in [5.41, 5.74) is 0. The fraction of sp³-hybridized carbons (Fsp3) is 0.200. The largest absolute Gasteiger partial charge is 0.467 e. The van der Waals surface area contributed by atoms with E-state index >= 15 is 0 Å². The zero-order valence-corrected chi connectivity index (χ0v) is 11.3. The first-order valence-corrected chi connectivity index (χ1v) is 6.18. The van der Waals surface area contributed by atoms with Crippen molar-refractivity contribution < 1.29 is 4.74 Å². The Morgan fingerprint density at radius 3 is 2.72 bits per heavy atom. The summed E-state index contributed by atoms with van der Waals surface area (Å²) in [6, 6.07) is 3.81. The van der Waals surface area contributed by atoms with Crippen LogP contribution in [0.2, 0.25) is 5.02 Å². The van der Waals surface area contributed by atoms with Gasteiger partial charge in [0.05, 0.1) is 12.1 Å². The fourth-order valence-electron chi connectivity index (χ4n) is 1.10. The molecule has 18 heavy (non-hydrogen) atoms. The minimum absolute atomic E-state index is 0.255. The van der Waals surface area contributed by atoms with Gasteiger partial charge in [0.15, 0.2) is 0 Å². The molecule has 2 aromatic rings. The molecule has 2 aromatic heterocycles. The van der Waals surface area contributed by atoms with Crippen LogP contribution in [0.5, 0.6) is 6.01 Å². The van der Waals surface area contributed by atoms with E-state index in [1.54, 1.807) is 25.4 Å². The van der Waals surface area contributed by atoms with Crippen molar-refractivity contribution in [2.24, 2.45) is 0 Å². The average Bonchev–Trinajstić information content (AvgIpc) is 2.41. The number of nitrogens with zero attached hydrogens (tertiary/aromatic N) is 4. The van der Waals surface area contributed by atoms with E-state index in [0.717, 1.165) is 5.03 Å². The Morgan fingerprint density at radius 1 is 1.28 bits per heavy atom. The molecule has 0 aromatic carbocycles. The molecule has 0 unspecified atom stereocenters. The third-order valence-corrected chi connectivity index (χ3v) is 2.94. The predicted octanol–water partition coefficient (Wildman–Crippen LogP) is 2.12. The molecule has 0 saturated carbocycles. The van der Waals surface area contributed by atoms with E-state index in [2.05, 4.69) is 25.3 Å². The highest BCUT2D eigenvalue weighted by Crippen LogP contribution is 2.25. The van der Waals surface area contributed by atoms with Crippen LogP contribution < -0.4 is 10.1 Å². The SMILES string of the molecule is CNc1nc(OC)nc(Sc2ccc(Cl)cn2)n1. The van der Waals surface area contributed by atoms with Gasteiger partial charge < -0.3 is 10.1 Å². The maximum Gasteiger partial charge on any atom is 0.321 e. The molecule has 0 spiro atoms. The number of hydrogen-bond donors (Lipinski definition) is 1. The van der Waals surface area contributed by atoms with Crippen LogP contribution in [-0.4, -0.2) is 34.1 Å². The highest BCUT2D eigenvalue weighted by atomic mass is 35.5. The second-order valence-corrected chi connectivity index (χ2v) is 4.52. The van der Waals surface area contributed by atoms with Gasteiger partial charge in [0.2, 0.25) is 11.1 Å². The van der Waals surface area contributed by atoms with Crippen molar-refractivity contribution in [1.29, 1.82) is 0 Å². The van der Waals surface area contributed by atoms with Crippen molar-refractivity contribution in [3.63, 3.8) is 0 Å². The molecular weight excluding hydrogens is 274 g/mol. The third kappa shape index (κ3) is 3.21. The third-order valence-electron chi connectivity index (χ3n) is 1.90. The summed E-state index contributed by atoms with van der Waals surface area (Å²) in [4.78, 5) is 16.5. The molecule has 0 fully saturated rings. The summed E-state index contributed by atoms with van der Waals surface area (Å²) in [6.45, 7) is 0. The predicted molar refractivity (Wildman–Crippen MR) is 69.3 cm³/mol. The standard InChI is InChI=1S/C10H10ClN5OS/c1-12-8-14-9(17-2)16-10(15-8)18-7-4-3-6(11)5-13-7/h3-5H,1-2H3,(H,12,14,15,16). The number of ether oxygens (including phenoxy) is 1. The summed E-state index contributed by atoms with van der Waals surface area (Å²) >= 11 is 7.07. The van der Waals surface area contributed by atoms with Crippen LogP contribution in [0.4, 0.5) is 5.95 Å². The highest BCUT2D eigenvalue weighted by molar-refractivity contribution is 7.99. The molecular formula is C10H10ClN5OS. The second kappa shape index (κ2) is 5.83. The summed E-state index contributed by atoms with van der Waals surface area (Å²) in [5.74, 6) is 0.443. The quantitative estimate of drug-likeness (QED) is 0.921. The number of hydrogen-bond acceptors (Lipinski definition) is 7. The minimum Gasteiger partial charge on any atom is -0.467 e.